The van der Waals surface area contributed by atoms with E-state index in [0.717, 1.165) is 32.9 Å². The van der Waals surface area contributed by atoms with Gasteiger partial charge < -0.3 is 9.55 Å². The predicted molar refractivity (Wildman–Crippen MR) is 93.0 cm³/mol. The Labute approximate surface area is 145 Å². The maximum absolute atomic E-state index is 13.3. The normalized spacial score (nSPS) is 11.9. The molecule has 0 atom stereocenters. The maximum atomic E-state index is 13.3. The number of aromatic nitrogens is 2. The van der Waals surface area contributed by atoms with Crippen molar-refractivity contribution in [3.63, 3.8) is 0 Å². The number of hydrogen-bond donors (Lipinski definition) is 2. The first kappa shape index (κ1) is 17.5. The molecule has 132 valence electrons. The molecule has 3 aromatic rings. The van der Waals surface area contributed by atoms with E-state index in [-0.39, 0.29) is 22.8 Å². The molecule has 0 radical (unpaired) electrons. The van der Waals surface area contributed by atoms with Crippen LogP contribution in [0.3, 0.4) is 0 Å². The lowest BCUT2D eigenvalue weighted by Crippen LogP contribution is -2.39. The van der Waals surface area contributed by atoms with E-state index in [0.29, 0.717) is 5.52 Å². The van der Waals surface area contributed by atoms with Gasteiger partial charge in [-0.15, -0.1) is 11.3 Å². The van der Waals surface area contributed by atoms with Crippen LogP contribution in [-0.2, 0) is 16.6 Å². The van der Waals surface area contributed by atoms with Crippen molar-refractivity contribution in [1.82, 2.24) is 14.3 Å². The van der Waals surface area contributed by atoms with Gasteiger partial charge in [-0.3, -0.25) is 9.59 Å². The number of halogens is 1. The van der Waals surface area contributed by atoms with Crippen LogP contribution >= 0.6 is 11.3 Å². The summed E-state index contributed by atoms with van der Waals surface area (Å²) in [6.07, 6.45) is 0. The lowest BCUT2D eigenvalue weighted by Gasteiger charge is -2.10. The highest BCUT2D eigenvalue weighted by molar-refractivity contribution is 7.91. The third-order valence-electron chi connectivity index (χ3n) is 3.55. The fourth-order valence-electron chi connectivity index (χ4n) is 2.39. The molecule has 0 aliphatic carbocycles. The van der Waals surface area contributed by atoms with Gasteiger partial charge in [0.1, 0.15) is 10.0 Å². The van der Waals surface area contributed by atoms with E-state index in [1.165, 1.54) is 12.1 Å². The number of nitrogens with zero attached hydrogens (tertiary/aromatic N) is 1. The van der Waals surface area contributed by atoms with Gasteiger partial charge in [-0.2, -0.15) is 0 Å². The van der Waals surface area contributed by atoms with Gasteiger partial charge in [-0.25, -0.2) is 17.5 Å². The quantitative estimate of drug-likeness (QED) is 0.646. The zero-order valence-corrected chi connectivity index (χ0v) is 14.7. The van der Waals surface area contributed by atoms with Crippen LogP contribution in [0.2, 0.25) is 0 Å². The number of hydrogen-bond acceptors (Lipinski definition) is 5. The molecule has 0 aliphatic heterocycles. The Morgan fingerprint density at radius 1 is 1.24 bits per heavy atom. The minimum absolute atomic E-state index is 0.0610. The molecule has 2 N–H and O–H groups in total. The molecule has 1 aromatic carbocycles. The van der Waals surface area contributed by atoms with E-state index in [1.54, 1.807) is 13.0 Å². The van der Waals surface area contributed by atoms with Crippen molar-refractivity contribution in [3.05, 3.63) is 61.7 Å². The Balaban J connectivity index is 1.88. The molecule has 25 heavy (non-hydrogen) atoms. The average molecular weight is 383 g/mol. The SMILES string of the molecule is Cc1ccc(S(=O)(=O)NCCn2c(=O)c(=O)[nH]c3cc(F)ccc32)s1. The molecule has 2 aromatic heterocycles. The Morgan fingerprint density at radius 2 is 2.00 bits per heavy atom. The summed E-state index contributed by atoms with van der Waals surface area (Å²) in [5.41, 5.74) is -1.24. The summed E-state index contributed by atoms with van der Waals surface area (Å²) in [6.45, 7) is 1.65. The molecule has 7 nitrogen and oxygen atoms in total. The lowest BCUT2D eigenvalue weighted by molar-refractivity contribution is 0.574. The first-order valence-corrected chi connectivity index (χ1v) is 9.56. The number of sulfonamides is 1. The molecular weight excluding hydrogens is 369 g/mol. The minimum atomic E-state index is -3.69. The number of fused-ring (bicyclic) bond motifs is 1. The third-order valence-corrected chi connectivity index (χ3v) is 6.50. The van der Waals surface area contributed by atoms with Crippen molar-refractivity contribution in [2.75, 3.05) is 6.54 Å². The van der Waals surface area contributed by atoms with E-state index in [4.69, 9.17) is 0 Å². The molecule has 10 heteroatoms. The highest BCUT2D eigenvalue weighted by Gasteiger charge is 2.16. The number of benzene rings is 1. The van der Waals surface area contributed by atoms with Crippen molar-refractivity contribution in [2.24, 2.45) is 0 Å². The molecule has 0 saturated carbocycles. The summed E-state index contributed by atoms with van der Waals surface area (Å²) in [6, 6.07) is 6.82. The van der Waals surface area contributed by atoms with Crippen molar-refractivity contribution < 1.29 is 12.8 Å². The molecule has 0 bridgehead atoms. The highest BCUT2D eigenvalue weighted by Crippen LogP contribution is 2.20. The first-order chi connectivity index (χ1) is 11.8. The molecule has 0 amide bonds. The van der Waals surface area contributed by atoms with Crippen molar-refractivity contribution >= 4 is 32.4 Å². The molecular formula is C15H14FN3O4S2. The van der Waals surface area contributed by atoms with Crippen LogP contribution < -0.4 is 15.8 Å². The van der Waals surface area contributed by atoms with Crippen molar-refractivity contribution in [2.45, 2.75) is 17.7 Å². The Bertz CT molecular complexity index is 1160. The summed E-state index contributed by atoms with van der Waals surface area (Å²) >= 11 is 1.14. The van der Waals surface area contributed by atoms with Crippen LogP contribution in [0.1, 0.15) is 4.88 Å². The second kappa shape index (κ2) is 6.54. The van der Waals surface area contributed by atoms with Crippen LogP contribution in [0.15, 0.2) is 44.1 Å². The summed E-state index contributed by atoms with van der Waals surface area (Å²) in [7, 11) is -3.69. The van der Waals surface area contributed by atoms with Crippen LogP contribution in [0.25, 0.3) is 11.0 Å². The molecule has 0 fully saturated rings. The van der Waals surface area contributed by atoms with Crippen molar-refractivity contribution in [1.29, 1.82) is 0 Å². The molecule has 3 rings (SSSR count). The minimum Gasteiger partial charge on any atom is -0.316 e. The van der Waals surface area contributed by atoms with Gasteiger partial charge in [0.05, 0.1) is 11.0 Å². The van der Waals surface area contributed by atoms with Crippen LogP contribution in [0.5, 0.6) is 0 Å². The van der Waals surface area contributed by atoms with Gasteiger partial charge >= 0.3 is 11.1 Å². The number of thiophene rings is 1. The second-order valence-electron chi connectivity index (χ2n) is 5.34. The lowest BCUT2D eigenvalue weighted by atomic mass is 10.3. The average Bonchev–Trinajstić information content (AvgIpc) is 2.98. The fraction of sp³-hybridized carbons (Fsp3) is 0.200. The zero-order chi connectivity index (χ0) is 18.2. The van der Waals surface area contributed by atoms with Crippen LogP contribution in [-0.4, -0.2) is 24.5 Å². The van der Waals surface area contributed by atoms with Crippen LogP contribution in [0, 0.1) is 12.7 Å². The van der Waals surface area contributed by atoms with E-state index in [2.05, 4.69) is 9.71 Å². The van der Waals surface area contributed by atoms with E-state index >= 15 is 0 Å². The number of rotatable bonds is 5. The monoisotopic (exact) mass is 383 g/mol. The van der Waals surface area contributed by atoms with Gasteiger partial charge in [0, 0.05) is 18.0 Å². The largest absolute Gasteiger partial charge is 0.316 e. The van der Waals surface area contributed by atoms with Gasteiger partial charge in [0.25, 0.3) is 0 Å². The summed E-state index contributed by atoms with van der Waals surface area (Å²) in [4.78, 5) is 26.9. The Morgan fingerprint density at radius 3 is 2.68 bits per heavy atom. The Hall–Kier alpha value is -2.30. The second-order valence-corrected chi connectivity index (χ2v) is 8.62. The van der Waals surface area contributed by atoms with E-state index in [1.807, 2.05) is 0 Å². The van der Waals surface area contributed by atoms with Gasteiger partial charge in [-0.05, 0) is 37.3 Å². The fourth-order valence-corrected chi connectivity index (χ4v) is 4.74. The maximum Gasteiger partial charge on any atom is 0.316 e. The third kappa shape index (κ3) is 3.55. The molecule has 0 saturated heterocycles. The predicted octanol–water partition coefficient (Wildman–Crippen LogP) is 1.18. The molecule has 2 heterocycles. The van der Waals surface area contributed by atoms with Crippen LogP contribution in [0.4, 0.5) is 4.39 Å². The van der Waals surface area contributed by atoms with E-state index < -0.39 is 27.0 Å². The molecule has 0 aliphatic rings. The number of aryl methyl sites for hydroxylation is 1. The number of aromatic amines is 1. The van der Waals surface area contributed by atoms with Crippen molar-refractivity contribution in [3.8, 4) is 0 Å². The first-order valence-electron chi connectivity index (χ1n) is 7.26. The smallest absolute Gasteiger partial charge is 0.316 e. The molecule has 0 unspecified atom stereocenters. The summed E-state index contributed by atoms with van der Waals surface area (Å²) in [5, 5.41) is 0. The van der Waals surface area contributed by atoms with Gasteiger partial charge in [0.15, 0.2) is 0 Å². The zero-order valence-electron chi connectivity index (χ0n) is 13.1. The molecule has 0 spiro atoms. The summed E-state index contributed by atoms with van der Waals surface area (Å²) in [5.74, 6) is -0.554. The van der Waals surface area contributed by atoms with Gasteiger partial charge in [0.2, 0.25) is 10.0 Å². The highest BCUT2D eigenvalue weighted by atomic mass is 32.2. The number of nitrogens with one attached hydrogen (secondary N) is 2. The number of H-pyrrole nitrogens is 1. The standard InChI is InChI=1S/C15H14FN3O4S2/c1-9-2-5-13(24-9)25(22,23)17-6-7-19-12-4-3-10(16)8-11(12)18-14(20)15(19)21/h2-5,8,17H,6-7H2,1H3,(H,18,20). The summed E-state index contributed by atoms with van der Waals surface area (Å²) < 4.78 is 41.4. The van der Waals surface area contributed by atoms with Gasteiger partial charge in [-0.1, -0.05) is 0 Å². The topological polar surface area (TPSA) is 101 Å². The Kier molecular flexibility index (Phi) is 4.58. The van der Waals surface area contributed by atoms with E-state index in [9.17, 15) is 22.4 Å².